The Morgan fingerprint density at radius 3 is 2.82 bits per heavy atom. The Kier molecular flexibility index (Phi) is 2.82. The molecule has 0 spiro atoms. The second-order valence-corrected chi connectivity index (χ2v) is 3.38. The first-order valence-electron chi connectivity index (χ1n) is 4.75. The molecular formula is C10H8NO6. The predicted molar refractivity (Wildman–Crippen MR) is 53.7 cm³/mol. The zero-order chi connectivity index (χ0) is 12.4. The minimum absolute atomic E-state index is 0.255. The molecule has 1 heterocycles. The zero-order valence-electron chi connectivity index (χ0n) is 8.78. The van der Waals surface area contributed by atoms with Crippen molar-refractivity contribution in [3.8, 4) is 11.5 Å². The van der Waals surface area contributed by atoms with Crippen LogP contribution < -0.4 is 9.47 Å². The Bertz CT molecular complexity index is 460. The number of carbonyl (C=O) groups excluding carboxylic acids is 1. The number of nitro groups is 1. The Morgan fingerprint density at radius 1 is 1.47 bits per heavy atom. The van der Waals surface area contributed by atoms with Crippen LogP contribution in [0.4, 0.5) is 0 Å². The van der Waals surface area contributed by atoms with Gasteiger partial charge in [-0.05, 0) is 24.6 Å². The molecule has 1 aliphatic rings. The van der Waals surface area contributed by atoms with Crippen LogP contribution in [0.2, 0.25) is 0 Å². The highest BCUT2D eigenvalue weighted by atomic mass is 16.8. The van der Waals surface area contributed by atoms with Crippen molar-refractivity contribution in [2.75, 3.05) is 0 Å². The second-order valence-electron chi connectivity index (χ2n) is 3.38. The van der Waals surface area contributed by atoms with E-state index >= 15 is 0 Å². The maximum atomic E-state index is 10.5. The summed E-state index contributed by atoms with van der Waals surface area (Å²) in [6, 6.07) is 4.69. The third-order valence-corrected chi connectivity index (χ3v) is 2.29. The van der Waals surface area contributed by atoms with Crippen molar-refractivity contribution in [2.45, 2.75) is 19.4 Å². The van der Waals surface area contributed by atoms with Crippen LogP contribution in [0.25, 0.3) is 0 Å². The summed E-state index contributed by atoms with van der Waals surface area (Å²) in [4.78, 5) is 19.9. The molecule has 1 aromatic rings. The molecule has 0 saturated carbocycles. The van der Waals surface area contributed by atoms with Crippen LogP contribution in [0.3, 0.4) is 0 Å². The average molecular weight is 238 g/mol. The highest BCUT2D eigenvalue weighted by Crippen LogP contribution is 2.37. The van der Waals surface area contributed by atoms with Crippen molar-refractivity contribution in [3.05, 3.63) is 33.9 Å². The van der Waals surface area contributed by atoms with E-state index in [4.69, 9.17) is 9.47 Å². The molecule has 1 aliphatic heterocycles. The Labute approximate surface area is 96.0 Å². The fourth-order valence-corrected chi connectivity index (χ4v) is 1.43. The molecule has 1 aromatic carbocycles. The zero-order valence-corrected chi connectivity index (χ0v) is 8.78. The third kappa shape index (κ3) is 2.12. The van der Waals surface area contributed by atoms with Crippen LogP contribution in [-0.2, 0) is 9.53 Å². The molecule has 0 fully saturated rings. The predicted octanol–water partition coefficient (Wildman–Crippen LogP) is 1.16. The molecule has 0 bridgehead atoms. The summed E-state index contributed by atoms with van der Waals surface area (Å²) in [6.45, 7) is 2.98. The van der Waals surface area contributed by atoms with Crippen molar-refractivity contribution in [2.24, 2.45) is 0 Å². The monoisotopic (exact) mass is 238 g/mol. The average Bonchev–Trinajstić information content (AvgIpc) is 2.71. The molecule has 0 aromatic heterocycles. The Morgan fingerprint density at radius 2 is 2.18 bits per heavy atom. The molecule has 0 saturated heterocycles. The van der Waals surface area contributed by atoms with E-state index in [1.165, 1.54) is 18.6 Å². The van der Waals surface area contributed by atoms with Crippen molar-refractivity contribution in [1.82, 2.24) is 0 Å². The summed E-state index contributed by atoms with van der Waals surface area (Å²) in [5.41, 5.74) is 0.639. The molecule has 2 unspecified atom stereocenters. The first-order chi connectivity index (χ1) is 8.11. The van der Waals surface area contributed by atoms with E-state index < -0.39 is 17.4 Å². The maximum absolute atomic E-state index is 10.5. The third-order valence-electron chi connectivity index (χ3n) is 2.29. The summed E-state index contributed by atoms with van der Waals surface area (Å²) in [5.74, 6) is 0.545. The van der Waals surface area contributed by atoms with E-state index in [1.54, 1.807) is 13.0 Å². The molecule has 0 amide bonds. The lowest BCUT2D eigenvalue weighted by molar-refractivity contribution is -0.600. The van der Waals surface area contributed by atoms with Crippen LogP contribution in [0, 0.1) is 10.1 Å². The van der Waals surface area contributed by atoms with E-state index in [2.05, 4.69) is 4.74 Å². The normalized spacial score (nSPS) is 18.5. The quantitative estimate of drug-likeness (QED) is 0.577. The molecule has 7 heteroatoms. The SMILES string of the molecule is CC(O[C]=O)c1ccc2c(c1)OC([N+](=O)[O-])O2. The van der Waals surface area contributed by atoms with E-state index in [1.807, 2.05) is 0 Å². The standard InChI is InChI=1S/C10H8NO6/c1-6(15-5-12)7-2-3-8-9(4-7)17-10(16-8)11(13)14/h2-4,6,10H,1H3. The van der Waals surface area contributed by atoms with Crippen LogP contribution in [0.5, 0.6) is 11.5 Å². The van der Waals surface area contributed by atoms with Gasteiger partial charge >= 0.3 is 12.9 Å². The molecule has 17 heavy (non-hydrogen) atoms. The smallest absolute Gasteiger partial charge is 0.449 e. The van der Waals surface area contributed by atoms with Crippen molar-refractivity contribution in [1.29, 1.82) is 0 Å². The largest absolute Gasteiger partial charge is 0.517 e. The lowest BCUT2D eigenvalue weighted by atomic mass is 10.1. The summed E-state index contributed by atoms with van der Waals surface area (Å²) < 4.78 is 14.5. The number of benzene rings is 1. The number of hydrogen-bond donors (Lipinski definition) is 0. The van der Waals surface area contributed by atoms with Gasteiger partial charge in [-0.3, -0.25) is 10.1 Å². The minimum Gasteiger partial charge on any atom is -0.449 e. The first kappa shape index (κ1) is 11.2. The van der Waals surface area contributed by atoms with Gasteiger partial charge in [-0.2, -0.15) is 0 Å². The summed E-state index contributed by atoms with van der Waals surface area (Å²) in [7, 11) is 0. The van der Waals surface area contributed by atoms with Gasteiger partial charge in [-0.25, -0.2) is 4.79 Å². The van der Waals surface area contributed by atoms with Gasteiger partial charge in [0.25, 0.3) is 0 Å². The number of hydrogen-bond acceptors (Lipinski definition) is 6. The van der Waals surface area contributed by atoms with Gasteiger partial charge in [0.15, 0.2) is 11.5 Å². The van der Waals surface area contributed by atoms with E-state index in [0.29, 0.717) is 5.56 Å². The Balaban J connectivity index is 2.20. The molecule has 89 valence electrons. The highest BCUT2D eigenvalue weighted by Gasteiger charge is 2.33. The number of rotatable bonds is 4. The highest BCUT2D eigenvalue weighted by molar-refractivity contribution is 5.46. The van der Waals surface area contributed by atoms with Gasteiger partial charge < -0.3 is 14.2 Å². The van der Waals surface area contributed by atoms with Crippen LogP contribution >= 0.6 is 0 Å². The van der Waals surface area contributed by atoms with E-state index in [9.17, 15) is 14.9 Å². The fraction of sp³-hybridized carbons (Fsp3) is 0.300. The number of nitrogens with zero attached hydrogens (tertiary/aromatic N) is 1. The molecule has 2 atom stereocenters. The summed E-state index contributed by atoms with van der Waals surface area (Å²) >= 11 is 0. The van der Waals surface area contributed by atoms with Gasteiger partial charge in [0, 0.05) is 0 Å². The first-order valence-corrected chi connectivity index (χ1v) is 4.75. The topological polar surface area (TPSA) is 87.9 Å². The molecule has 1 radical (unpaired) electrons. The minimum atomic E-state index is -1.52. The van der Waals surface area contributed by atoms with Crippen LogP contribution in [0.1, 0.15) is 18.6 Å². The molecular weight excluding hydrogens is 230 g/mol. The molecule has 0 aliphatic carbocycles. The van der Waals surface area contributed by atoms with Crippen LogP contribution in [-0.4, -0.2) is 17.8 Å². The van der Waals surface area contributed by atoms with Crippen LogP contribution in [0.15, 0.2) is 18.2 Å². The molecule has 0 N–H and O–H groups in total. The van der Waals surface area contributed by atoms with Crippen molar-refractivity contribution >= 4 is 6.47 Å². The number of fused-ring (bicyclic) bond motifs is 1. The number of ether oxygens (including phenoxy) is 3. The molecule has 2 rings (SSSR count). The van der Waals surface area contributed by atoms with E-state index in [0.717, 1.165) is 0 Å². The maximum Gasteiger partial charge on any atom is 0.517 e. The van der Waals surface area contributed by atoms with Gasteiger partial charge in [-0.1, -0.05) is 6.07 Å². The lowest BCUT2D eigenvalue weighted by Crippen LogP contribution is -2.27. The second kappa shape index (κ2) is 4.28. The van der Waals surface area contributed by atoms with Crippen molar-refractivity contribution < 1.29 is 23.9 Å². The fourth-order valence-electron chi connectivity index (χ4n) is 1.43. The summed E-state index contributed by atoms with van der Waals surface area (Å²) in [6.07, 6.45) is -2.02. The Hall–Kier alpha value is -2.31. The van der Waals surface area contributed by atoms with Gasteiger partial charge in [0.05, 0.1) is 0 Å². The lowest BCUT2D eigenvalue weighted by Gasteiger charge is -2.08. The molecule has 7 nitrogen and oxygen atoms in total. The van der Waals surface area contributed by atoms with Gasteiger partial charge in [0.1, 0.15) is 11.0 Å². The van der Waals surface area contributed by atoms with E-state index in [-0.39, 0.29) is 11.5 Å². The van der Waals surface area contributed by atoms with Gasteiger partial charge in [0.2, 0.25) is 0 Å². The van der Waals surface area contributed by atoms with Gasteiger partial charge in [-0.15, -0.1) is 0 Å². The summed E-state index contributed by atoms with van der Waals surface area (Å²) in [5, 5.41) is 10.5. The van der Waals surface area contributed by atoms with Crippen molar-refractivity contribution in [3.63, 3.8) is 0 Å².